The zero-order valence-electron chi connectivity index (χ0n) is 9.15. The van der Waals surface area contributed by atoms with Crippen molar-refractivity contribution in [3.05, 3.63) is 33.8 Å². The molecule has 1 saturated carbocycles. The molecule has 17 heavy (non-hydrogen) atoms. The van der Waals surface area contributed by atoms with Gasteiger partial charge in [-0.3, -0.25) is 0 Å². The van der Waals surface area contributed by atoms with Gasteiger partial charge in [-0.1, -0.05) is 34.8 Å². The first kappa shape index (κ1) is 12.9. The smallest absolute Gasteiger partial charge is 0.321 e. The van der Waals surface area contributed by atoms with Crippen LogP contribution in [0.4, 0.5) is 13.2 Å². The maximum atomic E-state index is 12.5. The van der Waals surface area contributed by atoms with Gasteiger partial charge in [-0.05, 0) is 30.5 Å². The molecule has 0 unspecified atom stereocenters. The van der Waals surface area contributed by atoms with Crippen LogP contribution in [0.25, 0.3) is 0 Å². The normalized spacial score (nSPS) is 19.6. The third kappa shape index (κ3) is 2.50. The number of hydrogen-bond acceptors (Lipinski definition) is 1. The van der Waals surface area contributed by atoms with Crippen LogP contribution in [0, 0.1) is 0 Å². The van der Waals surface area contributed by atoms with Crippen LogP contribution in [0.2, 0.25) is 0 Å². The Labute approximate surface area is 106 Å². The van der Waals surface area contributed by atoms with E-state index in [0.29, 0.717) is 4.47 Å². The predicted octanol–water partition coefficient (Wildman–Crippen LogP) is 4.20. The van der Waals surface area contributed by atoms with E-state index in [2.05, 4.69) is 15.9 Å². The van der Waals surface area contributed by atoms with Gasteiger partial charge in [0.15, 0.2) is 0 Å². The molecule has 0 saturated heterocycles. The summed E-state index contributed by atoms with van der Waals surface area (Å²) in [7, 11) is 0. The molecule has 1 aromatic carbocycles. The Morgan fingerprint density at radius 3 is 2.24 bits per heavy atom. The lowest BCUT2D eigenvalue weighted by Crippen LogP contribution is -2.33. The van der Waals surface area contributed by atoms with Crippen LogP contribution in [0.1, 0.15) is 36.8 Å². The molecule has 1 nitrogen and oxygen atoms in total. The maximum Gasteiger partial charge on any atom is 0.416 e. The minimum atomic E-state index is -4.31. The maximum absolute atomic E-state index is 12.5. The van der Waals surface area contributed by atoms with Crippen LogP contribution in [-0.2, 0) is 11.7 Å². The molecule has 1 aliphatic carbocycles. The van der Waals surface area contributed by atoms with Gasteiger partial charge in [0.05, 0.1) is 5.56 Å². The fraction of sp³-hybridized carbons (Fsp3) is 0.500. The standard InChI is InChI=1S/C12H13BrF3N/c13-10-7-8(12(14,15)16)3-4-9(10)11(17)5-1-2-6-11/h3-4,7H,1-2,5-6,17H2. The van der Waals surface area contributed by atoms with E-state index in [-0.39, 0.29) is 0 Å². The molecule has 0 amide bonds. The summed E-state index contributed by atoms with van der Waals surface area (Å²) < 4.78 is 38.0. The third-order valence-electron chi connectivity index (χ3n) is 3.33. The molecule has 1 aromatic rings. The van der Waals surface area contributed by atoms with Crippen LogP contribution < -0.4 is 5.73 Å². The molecule has 0 spiro atoms. The second-order valence-electron chi connectivity index (χ2n) is 4.56. The average Bonchev–Trinajstić information content (AvgIpc) is 2.64. The van der Waals surface area contributed by atoms with Crippen LogP contribution in [0.15, 0.2) is 22.7 Å². The van der Waals surface area contributed by atoms with E-state index >= 15 is 0 Å². The molecule has 0 atom stereocenters. The summed E-state index contributed by atoms with van der Waals surface area (Å²) in [5, 5.41) is 0. The van der Waals surface area contributed by atoms with Gasteiger partial charge in [-0.2, -0.15) is 13.2 Å². The molecule has 0 aromatic heterocycles. The Morgan fingerprint density at radius 2 is 1.76 bits per heavy atom. The van der Waals surface area contributed by atoms with E-state index < -0.39 is 17.3 Å². The first-order valence-electron chi connectivity index (χ1n) is 5.49. The van der Waals surface area contributed by atoms with Crippen molar-refractivity contribution in [1.29, 1.82) is 0 Å². The zero-order valence-corrected chi connectivity index (χ0v) is 10.7. The summed E-state index contributed by atoms with van der Waals surface area (Å²) in [6.07, 6.45) is -0.583. The summed E-state index contributed by atoms with van der Waals surface area (Å²) in [6, 6.07) is 3.72. The Morgan fingerprint density at radius 1 is 1.18 bits per heavy atom. The second-order valence-corrected chi connectivity index (χ2v) is 5.41. The molecule has 0 heterocycles. The molecule has 2 rings (SSSR count). The Balaban J connectivity index is 2.38. The summed E-state index contributed by atoms with van der Waals surface area (Å²) in [6.45, 7) is 0. The number of nitrogens with two attached hydrogens (primary N) is 1. The lowest BCUT2D eigenvalue weighted by molar-refractivity contribution is -0.137. The lowest BCUT2D eigenvalue weighted by Gasteiger charge is -2.26. The van der Waals surface area contributed by atoms with Crippen LogP contribution in [0.5, 0.6) is 0 Å². The SMILES string of the molecule is NC1(c2ccc(C(F)(F)F)cc2Br)CCCC1. The molecular formula is C12H13BrF3N. The second kappa shape index (κ2) is 4.28. The average molecular weight is 308 g/mol. The highest BCUT2D eigenvalue weighted by Crippen LogP contribution is 2.41. The van der Waals surface area contributed by atoms with Crippen molar-refractivity contribution < 1.29 is 13.2 Å². The summed E-state index contributed by atoms with van der Waals surface area (Å²) in [4.78, 5) is 0. The molecular weight excluding hydrogens is 295 g/mol. The minimum absolute atomic E-state index is 0.455. The van der Waals surface area contributed by atoms with Crippen molar-refractivity contribution >= 4 is 15.9 Å². The Bertz CT molecular complexity index is 422. The fourth-order valence-corrected chi connectivity index (χ4v) is 3.14. The molecule has 5 heteroatoms. The first-order chi connectivity index (χ1) is 7.83. The van der Waals surface area contributed by atoms with Crippen molar-refractivity contribution in [2.45, 2.75) is 37.4 Å². The number of rotatable bonds is 1. The van der Waals surface area contributed by atoms with Gasteiger partial charge < -0.3 is 5.73 Å². The Kier molecular flexibility index (Phi) is 3.25. The fourth-order valence-electron chi connectivity index (χ4n) is 2.37. The van der Waals surface area contributed by atoms with Gasteiger partial charge in [0, 0.05) is 10.0 Å². The van der Waals surface area contributed by atoms with Crippen molar-refractivity contribution in [2.75, 3.05) is 0 Å². The Hall–Kier alpha value is -0.550. The number of hydrogen-bond donors (Lipinski definition) is 1. The largest absolute Gasteiger partial charge is 0.416 e. The highest BCUT2D eigenvalue weighted by molar-refractivity contribution is 9.10. The molecule has 0 radical (unpaired) electrons. The summed E-state index contributed by atoms with van der Waals surface area (Å²) >= 11 is 3.20. The van der Waals surface area contributed by atoms with Gasteiger partial charge >= 0.3 is 6.18 Å². The van der Waals surface area contributed by atoms with Crippen LogP contribution >= 0.6 is 15.9 Å². The predicted molar refractivity (Wildman–Crippen MR) is 63.5 cm³/mol. The molecule has 1 fully saturated rings. The molecule has 94 valence electrons. The van der Waals surface area contributed by atoms with Crippen LogP contribution in [-0.4, -0.2) is 0 Å². The van der Waals surface area contributed by atoms with Gasteiger partial charge in [-0.25, -0.2) is 0 Å². The first-order valence-corrected chi connectivity index (χ1v) is 6.28. The van der Waals surface area contributed by atoms with E-state index in [1.54, 1.807) is 0 Å². The van der Waals surface area contributed by atoms with Crippen LogP contribution in [0.3, 0.4) is 0 Å². The minimum Gasteiger partial charge on any atom is -0.321 e. The van der Waals surface area contributed by atoms with E-state index in [9.17, 15) is 13.2 Å². The quantitative estimate of drug-likeness (QED) is 0.827. The monoisotopic (exact) mass is 307 g/mol. The third-order valence-corrected chi connectivity index (χ3v) is 3.98. The molecule has 1 aliphatic rings. The zero-order chi connectivity index (χ0) is 12.7. The molecule has 0 aliphatic heterocycles. The lowest BCUT2D eigenvalue weighted by atomic mass is 9.89. The van der Waals surface area contributed by atoms with Crippen molar-refractivity contribution in [2.24, 2.45) is 5.73 Å². The van der Waals surface area contributed by atoms with Crippen molar-refractivity contribution in [1.82, 2.24) is 0 Å². The summed E-state index contributed by atoms with van der Waals surface area (Å²) in [5.41, 5.74) is 5.90. The number of halogens is 4. The molecule has 0 bridgehead atoms. The highest BCUT2D eigenvalue weighted by atomic mass is 79.9. The van der Waals surface area contributed by atoms with Crippen molar-refractivity contribution in [3.8, 4) is 0 Å². The van der Waals surface area contributed by atoms with Gasteiger partial charge in [0.2, 0.25) is 0 Å². The number of alkyl halides is 3. The van der Waals surface area contributed by atoms with Gasteiger partial charge in [-0.15, -0.1) is 0 Å². The van der Waals surface area contributed by atoms with Gasteiger partial charge in [0.1, 0.15) is 0 Å². The highest BCUT2D eigenvalue weighted by Gasteiger charge is 2.35. The van der Waals surface area contributed by atoms with Crippen molar-refractivity contribution in [3.63, 3.8) is 0 Å². The molecule has 2 N–H and O–H groups in total. The van der Waals surface area contributed by atoms with E-state index in [4.69, 9.17) is 5.73 Å². The van der Waals surface area contributed by atoms with E-state index in [0.717, 1.165) is 43.4 Å². The van der Waals surface area contributed by atoms with E-state index in [1.807, 2.05) is 0 Å². The van der Waals surface area contributed by atoms with Gasteiger partial charge in [0.25, 0.3) is 0 Å². The topological polar surface area (TPSA) is 26.0 Å². The van der Waals surface area contributed by atoms with E-state index in [1.165, 1.54) is 6.07 Å². The summed E-state index contributed by atoms with van der Waals surface area (Å²) in [5.74, 6) is 0. The number of benzene rings is 1.